The van der Waals surface area contributed by atoms with E-state index in [1.165, 1.54) is 45.1 Å². The lowest BCUT2D eigenvalue weighted by Crippen LogP contribution is -2.43. The first kappa shape index (κ1) is 14.9. The van der Waals surface area contributed by atoms with E-state index >= 15 is 0 Å². The normalized spacial score (nSPS) is 26.6. The topological polar surface area (TPSA) is 77.2 Å². The van der Waals surface area contributed by atoms with Gasteiger partial charge in [0, 0.05) is 31.6 Å². The summed E-state index contributed by atoms with van der Waals surface area (Å²) in [5.41, 5.74) is 0. The minimum atomic E-state index is 0.0802. The Labute approximate surface area is 136 Å². The first-order valence-electron chi connectivity index (χ1n) is 8.91. The molecule has 7 heteroatoms. The van der Waals surface area contributed by atoms with Gasteiger partial charge in [0.25, 0.3) is 0 Å². The third kappa shape index (κ3) is 3.49. The van der Waals surface area contributed by atoms with Crippen LogP contribution in [0.1, 0.15) is 43.8 Å². The number of carbonyl (C=O) groups is 1. The maximum Gasteiger partial charge on any atom is 0.317 e. The lowest BCUT2D eigenvalue weighted by molar-refractivity contribution is 0.169. The maximum atomic E-state index is 12.3. The van der Waals surface area contributed by atoms with Crippen LogP contribution in [0.25, 0.3) is 0 Å². The van der Waals surface area contributed by atoms with Crippen LogP contribution in [0.4, 0.5) is 4.79 Å². The van der Waals surface area contributed by atoms with Crippen LogP contribution >= 0.6 is 0 Å². The molecule has 3 fully saturated rings. The molecule has 1 saturated carbocycles. The summed E-state index contributed by atoms with van der Waals surface area (Å²) in [6.07, 6.45) is 7.72. The number of hydrogen-bond donors (Lipinski definition) is 2. The standard InChI is InChI=1S/C16H26N6O/c23-16(22-8-5-13(10-22)15-18-11-19-20-15)17-9-12-3-6-21(7-4-12)14-1-2-14/h11-14H,1-10H2,(H,17,23)(H,18,19,20). The fourth-order valence-electron chi connectivity index (χ4n) is 3.88. The molecule has 3 heterocycles. The monoisotopic (exact) mass is 318 g/mol. The van der Waals surface area contributed by atoms with Gasteiger partial charge in [0.15, 0.2) is 0 Å². The molecule has 1 aromatic rings. The molecular formula is C16H26N6O. The zero-order valence-electron chi connectivity index (χ0n) is 13.6. The minimum absolute atomic E-state index is 0.0802. The van der Waals surface area contributed by atoms with Crippen LogP contribution in [-0.2, 0) is 0 Å². The van der Waals surface area contributed by atoms with Crippen molar-refractivity contribution in [2.45, 2.75) is 44.1 Å². The Balaban J connectivity index is 1.19. The Bertz CT molecular complexity index is 521. The van der Waals surface area contributed by atoms with Gasteiger partial charge >= 0.3 is 6.03 Å². The molecule has 2 aliphatic heterocycles. The average Bonchev–Trinajstić information content (AvgIpc) is 3.08. The largest absolute Gasteiger partial charge is 0.338 e. The van der Waals surface area contributed by atoms with Crippen molar-refractivity contribution in [2.24, 2.45) is 5.92 Å². The molecule has 0 aromatic carbocycles. The molecule has 1 aliphatic carbocycles. The van der Waals surface area contributed by atoms with Gasteiger partial charge in [-0.15, -0.1) is 0 Å². The number of hydrogen-bond acceptors (Lipinski definition) is 4. The van der Waals surface area contributed by atoms with Crippen molar-refractivity contribution in [2.75, 3.05) is 32.7 Å². The SMILES string of the molecule is O=C(NCC1CCN(C2CC2)CC1)N1CCC(c2ncn[nH]2)C1. The predicted octanol–water partition coefficient (Wildman–Crippen LogP) is 1.18. The van der Waals surface area contributed by atoms with Gasteiger partial charge in [-0.3, -0.25) is 5.10 Å². The van der Waals surface area contributed by atoms with Crippen LogP contribution in [0.2, 0.25) is 0 Å². The van der Waals surface area contributed by atoms with E-state index in [-0.39, 0.29) is 6.03 Å². The van der Waals surface area contributed by atoms with E-state index in [1.807, 2.05) is 4.90 Å². The Morgan fingerprint density at radius 3 is 2.74 bits per heavy atom. The molecule has 2 saturated heterocycles. The Morgan fingerprint density at radius 1 is 1.22 bits per heavy atom. The quantitative estimate of drug-likeness (QED) is 0.874. The summed E-state index contributed by atoms with van der Waals surface area (Å²) in [5.74, 6) is 1.83. The van der Waals surface area contributed by atoms with E-state index in [9.17, 15) is 4.79 Å². The highest BCUT2D eigenvalue weighted by molar-refractivity contribution is 5.74. The molecule has 0 spiro atoms. The number of aromatic amines is 1. The molecule has 1 unspecified atom stereocenters. The van der Waals surface area contributed by atoms with Gasteiger partial charge in [-0.05, 0) is 51.1 Å². The number of carbonyl (C=O) groups excluding carboxylic acids is 1. The van der Waals surface area contributed by atoms with Crippen molar-refractivity contribution >= 4 is 6.03 Å². The molecular weight excluding hydrogens is 292 g/mol. The molecule has 126 valence electrons. The molecule has 3 aliphatic rings. The maximum absolute atomic E-state index is 12.3. The van der Waals surface area contributed by atoms with Crippen LogP contribution in [0, 0.1) is 5.92 Å². The lowest BCUT2D eigenvalue weighted by Gasteiger charge is -2.32. The van der Waals surface area contributed by atoms with Gasteiger partial charge in [-0.1, -0.05) is 0 Å². The summed E-state index contributed by atoms with van der Waals surface area (Å²) < 4.78 is 0. The second kappa shape index (κ2) is 6.47. The Kier molecular flexibility index (Phi) is 4.20. The van der Waals surface area contributed by atoms with Gasteiger partial charge in [-0.25, -0.2) is 9.78 Å². The number of rotatable bonds is 4. The molecule has 7 nitrogen and oxygen atoms in total. The zero-order chi connectivity index (χ0) is 15.6. The van der Waals surface area contributed by atoms with Crippen molar-refractivity contribution in [1.82, 2.24) is 30.3 Å². The van der Waals surface area contributed by atoms with Gasteiger partial charge in [-0.2, -0.15) is 5.10 Å². The van der Waals surface area contributed by atoms with Crippen LogP contribution in [0.5, 0.6) is 0 Å². The Hall–Kier alpha value is -1.63. The van der Waals surface area contributed by atoms with Crippen molar-refractivity contribution in [1.29, 1.82) is 0 Å². The third-order valence-electron chi connectivity index (χ3n) is 5.55. The number of likely N-dealkylation sites (tertiary alicyclic amines) is 2. The smallest absolute Gasteiger partial charge is 0.317 e. The average molecular weight is 318 g/mol. The van der Waals surface area contributed by atoms with Gasteiger partial charge in [0.2, 0.25) is 0 Å². The van der Waals surface area contributed by atoms with Gasteiger partial charge in [0.1, 0.15) is 12.2 Å². The third-order valence-corrected chi connectivity index (χ3v) is 5.55. The molecule has 1 atom stereocenters. The van der Waals surface area contributed by atoms with Gasteiger partial charge in [0.05, 0.1) is 0 Å². The second-order valence-corrected chi connectivity index (χ2v) is 7.20. The van der Waals surface area contributed by atoms with Crippen molar-refractivity contribution in [3.63, 3.8) is 0 Å². The van der Waals surface area contributed by atoms with Gasteiger partial charge < -0.3 is 15.1 Å². The number of nitrogens with zero attached hydrogens (tertiary/aromatic N) is 4. The van der Waals surface area contributed by atoms with E-state index in [0.29, 0.717) is 11.8 Å². The first-order chi connectivity index (χ1) is 11.3. The summed E-state index contributed by atoms with van der Waals surface area (Å²) in [5, 5.41) is 9.96. The highest BCUT2D eigenvalue weighted by atomic mass is 16.2. The second-order valence-electron chi connectivity index (χ2n) is 7.20. The van der Waals surface area contributed by atoms with Crippen LogP contribution in [0.15, 0.2) is 6.33 Å². The van der Waals surface area contributed by atoms with Crippen LogP contribution in [0.3, 0.4) is 0 Å². The van der Waals surface area contributed by atoms with Crippen molar-refractivity contribution < 1.29 is 4.79 Å². The molecule has 2 amide bonds. The summed E-state index contributed by atoms with van der Waals surface area (Å²) in [4.78, 5) is 21.1. The number of amides is 2. The Morgan fingerprint density at radius 2 is 2.04 bits per heavy atom. The number of urea groups is 1. The fraction of sp³-hybridized carbons (Fsp3) is 0.812. The minimum Gasteiger partial charge on any atom is -0.338 e. The lowest BCUT2D eigenvalue weighted by atomic mass is 9.97. The van der Waals surface area contributed by atoms with Crippen LogP contribution in [-0.4, -0.2) is 69.8 Å². The van der Waals surface area contributed by atoms with E-state index < -0.39 is 0 Å². The molecule has 23 heavy (non-hydrogen) atoms. The van der Waals surface area contributed by atoms with Crippen molar-refractivity contribution in [3.8, 4) is 0 Å². The summed E-state index contributed by atoms with van der Waals surface area (Å²) in [7, 11) is 0. The number of piperidine rings is 1. The number of H-pyrrole nitrogens is 1. The highest BCUT2D eigenvalue weighted by Crippen LogP contribution is 2.30. The fourth-order valence-corrected chi connectivity index (χ4v) is 3.88. The van der Waals surface area contributed by atoms with E-state index in [4.69, 9.17) is 0 Å². The highest BCUT2D eigenvalue weighted by Gasteiger charge is 2.32. The molecule has 0 bridgehead atoms. The van der Waals surface area contributed by atoms with E-state index in [2.05, 4.69) is 25.4 Å². The summed E-state index contributed by atoms with van der Waals surface area (Å²) in [6, 6.07) is 0.958. The van der Waals surface area contributed by atoms with Crippen molar-refractivity contribution in [3.05, 3.63) is 12.2 Å². The van der Waals surface area contributed by atoms with E-state index in [0.717, 1.165) is 37.9 Å². The molecule has 1 aromatic heterocycles. The molecule has 0 radical (unpaired) electrons. The predicted molar refractivity (Wildman–Crippen MR) is 86.0 cm³/mol. The van der Waals surface area contributed by atoms with Crippen LogP contribution < -0.4 is 5.32 Å². The first-order valence-corrected chi connectivity index (χ1v) is 8.91. The summed E-state index contributed by atoms with van der Waals surface area (Å²) >= 11 is 0. The molecule has 2 N–H and O–H groups in total. The molecule has 4 rings (SSSR count). The summed E-state index contributed by atoms with van der Waals surface area (Å²) in [6.45, 7) is 4.78. The number of aromatic nitrogens is 3. The number of nitrogens with one attached hydrogen (secondary N) is 2. The van der Waals surface area contributed by atoms with E-state index in [1.54, 1.807) is 0 Å². The zero-order valence-corrected chi connectivity index (χ0v) is 13.6.